The van der Waals surface area contributed by atoms with Gasteiger partial charge in [-0.3, -0.25) is 0 Å². The molecule has 62 valence electrons. The van der Waals surface area contributed by atoms with Gasteiger partial charge in [0.15, 0.2) is 5.82 Å². The van der Waals surface area contributed by atoms with Crippen LogP contribution in [0.15, 0.2) is 17.1 Å². The highest BCUT2D eigenvalue weighted by Crippen LogP contribution is 2.26. The van der Waals surface area contributed by atoms with E-state index in [4.69, 9.17) is 11.6 Å². The fourth-order valence-corrected chi connectivity index (χ4v) is 0.811. The highest BCUT2D eigenvalue weighted by Gasteiger charge is 2.10. The van der Waals surface area contributed by atoms with Crippen LogP contribution in [0.2, 0.25) is 5.02 Å². The van der Waals surface area contributed by atoms with E-state index in [9.17, 15) is 13.6 Å². The van der Waals surface area contributed by atoms with Crippen LogP contribution in [0.4, 0.5) is 14.5 Å². The molecule has 0 aromatic heterocycles. The van der Waals surface area contributed by atoms with Crippen molar-refractivity contribution < 1.29 is 13.6 Å². The van der Waals surface area contributed by atoms with Crippen molar-refractivity contribution >= 4 is 23.4 Å². The van der Waals surface area contributed by atoms with E-state index >= 15 is 0 Å². The number of hydrogen-bond donors (Lipinski definition) is 0. The molecule has 1 aromatic rings. The number of aliphatic imine (C=N–C) groups is 1. The molecule has 0 aliphatic heterocycles. The van der Waals surface area contributed by atoms with Gasteiger partial charge >= 0.3 is 0 Å². The van der Waals surface area contributed by atoms with Crippen LogP contribution < -0.4 is 0 Å². The maximum Gasteiger partial charge on any atom is 0.240 e. The summed E-state index contributed by atoms with van der Waals surface area (Å²) >= 11 is 5.18. The lowest BCUT2D eigenvalue weighted by molar-refractivity contribution is 0.563. The summed E-state index contributed by atoms with van der Waals surface area (Å²) in [4.78, 5) is 12.7. The number of hydrogen-bond acceptors (Lipinski definition) is 2. The second-order valence-corrected chi connectivity index (χ2v) is 2.28. The summed E-state index contributed by atoms with van der Waals surface area (Å²) in [6.07, 6.45) is 1.13. The first-order valence-corrected chi connectivity index (χ1v) is 3.26. The molecule has 0 spiro atoms. The van der Waals surface area contributed by atoms with E-state index in [1.807, 2.05) is 0 Å². The second kappa shape index (κ2) is 3.43. The van der Waals surface area contributed by atoms with Crippen LogP contribution in [0.3, 0.4) is 0 Å². The first kappa shape index (κ1) is 8.84. The van der Waals surface area contributed by atoms with Gasteiger partial charge in [0.1, 0.15) is 16.5 Å². The fraction of sp³-hybridized carbons (Fsp3) is 0. The summed E-state index contributed by atoms with van der Waals surface area (Å²) < 4.78 is 25.3. The van der Waals surface area contributed by atoms with Crippen molar-refractivity contribution in [1.29, 1.82) is 0 Å². The third-order valence-electron chi connectivity index (χ3n) is 1.18. The van der Waals surface area contributed by atoms with E-state index in [2.05, 4.69) is 4.99 Å². The van der Waals surface area contributed by atoms with Gasteiger partial charge < -0.3 is 0 Å². The number of nitrogens with zero attached hydrogens (tertiary/aromatic N) is 1. The minimum absolute atomic E-state index is 0.323. The normalized spacial score (nSPS) is 9.25. The molecule has 5 heteroatoms. The van der Waals surface area contributed by atoms with E-state index < -0.39 is 16.7 Å². The quantitative estimate of drug-likeness (QED) is 0.379. The Balaban J connectivity index is 3.35. The van der Waals surface area contributed by atoms with Crippen molar-refractivity contribution in [3.63, 3.8) is 0 Å². The summed E-state index contributed by atoms with van der Waals surface area (Å²) in [6.45, 7) is 0. The molecule has 0 aliphatic carbocycles. The van der Waals surface area contributed by atoms with Gasteiger partial charge in [0.05, 0.1) is 0 Å². The molecule has 12 heavy (non-hydrogen) atoms. The van der Waals surface area contributed by atoms with Crippen molar-refractivity contribution in [3.8, 4) is 0 Å². The van der Waals surface area contributed by atoms with Gasteiger partial charge in [-0.2, -0.15) is 4.99 Å². The molecule has 1 aromatic carbocycles. The minimum Gasteiger partial charge on any atom is -0.211 e. The van der Waals surface area contributed by atoms with Crippen molar-refractivity contribution in [2.24, 2.45) is 4.99 Å². The average molecular weight is 190 g/mol. The van der Waals surface area contributed by atoms with E-state index in [-0.39, 0.29) is 5.69 Å². The first-order chi connectivity index (χ1) is 5.66. The molecule has 0 radical (unpaired) electrons. The SMILES string of the molecule is O=C=Nc1ccc(F)c(Cl)c1F. The third kappa shape index (κ3) is 1.49. The second-order valence-electron chi connectivity index (χ2n) is 1.90. The smallest absolute Gasteiger partial charge is 0.211 e. The molecule has 1 rings (SSSR count). The predicted octanol–water partition coefficient (Wildman–Crippen LogP) is 2.59. The monoisotopic (exact) mass is 189 g/mol. The van der Waals surface area contributed by atoms with E-state index in [0.29, 0.717) is 0 Å². The lowest BCUT2D eigenvalue weighted by Crippen LogP contribution is -1.83. The Morgan fingerprint density at radius 3 is 2.67 bits per heavy atom. The van der Waals surface area contributed by atoms with Gasteiger partial charge in [0.25, 0.3) is 0 Å². The van der Waals surface area contributed by atoms with Gasteiger partial charge in [0.2, 0.25) is 6.08 Å². The Morgan fingerprint density at radius 2 is 2.08 bits per heavy atom. The maximum atomic E-state index is 12.8. The molecule has 0 N–H and O–H groups in total. The Bertz CT molecular complexity index is 361. The summed E-state index contributed by atoms with van der Waals surface area (Å²) in [5.41, 5.74) is -0.323. The Kier molecular flexibility index (Phi) is 2.53. The summed E-state index contributed by atoms with van der Waals surface area (Å²) in [5.74, 6) is -1.95. The molecule has 0 amide bonds. The zero-order valence-corrected chi connectivity index (χ0v) is 6.40. The van der Waals surface area contributed by atoms with Crippen molar-refractivity contribution in [3.05, 3.63) is 28.8 Å². The molecule has 0 atom stereocenters. The molecular weight excluding hydrogens is 188 g/mol. The van der Waals surface area contributed by atoms with Crippen LogP contribution in [0.1, 0.15) is 0 Å². The molecule has 0 fully saturated rings. The van der Waals surface area contributed by atoms with Crippen LogP contribution in [-0.4, -0.2) is 6.08 Å². The average Bonchev–Trinajstić information content (AvgIpc) is 2.07. The molecule has 0 bridgehead atoms. The largest absolute Gasteiger partial charge is 0.240 e. The zero-order chi connectivity index (χ0) is 9.14. The zero-order valence-electron chi connectivity index (χ0n) is 5.64. The lowest BCUT2D eigenvalue weighted by atomic mass is 10.3. The van der Waals surface area contributed by atoms with Gasteiger partial charge in [-0.05, 0) is 12.1 Å². The Morgan fingerprint density at radius 1 is 1.42 bits per heavy atom. The third-order valence-corrected chi connectivity index (χ3v) is 1.53. The molecule has 0 unspecified atom stereocenters. The van der Waals surface area contributed by atoms with Gasteiger partial charge in [-0.15, -0.1) is 0 Å². The minimum atomic E-state index is -1.06. The number of halogens is 3. The topological polar surface area (TPSA) is 29.4 Å². The fourth-order valence-electron chi connectivity index (χ4n) is 0.651. The van der Waals surface area contributed by atoms with Gasteiger partial charge in [-0.1, -0.05) is 11.6 Å². The molecule has 2 nitrogen and oxygen atoms in total. The first-order valence-electron chi connectivity index (χ1n) is 2.88. The number of rotatable bonds is 1. The number of carbonyl (C=O) groups excluding carboxylic acids is 1. The van der Waals surface area contributed by atoms with Crippen LogP contribution in [0.5, 0.6) is 0 Å². The van der Waals surface area contributed by atoms with Crippen LogP contribution in [-0.2, 0) is 4.79 Å². The van der Waals surface area contributed by atoms with Gasteiger partial charge in [0, 0.05) is 0 Å². The van der Waals surface area contributed by atoms with Crippen LogP contribution >= 0.6 is 11.6 Å². The molecular formula is C7H2ClF2NO. The van der Waals surface area contributed by atoms with Crippen LogP contribution in [0.25, 0.3) is 0 Å². The molecule has 0 saturated carbocycles. The number of isocyanates is 1. The summed E-state index contributed by atoms with van der Waals surface area (Å²) in [5, 5.41) is -0.675. The highest BCUT2D eigenvalue weighted by molar-refractivity contribution is 6.31. The Hall–Kier alpha value is -1.25. The van der Waals surface area contributed by atoms with E-state index in [1.165, 1.54) is 0 Å². The van der Waals surface area contributed by atoms with Gasteiger partial charge in [-0.25, -0.2) is 13.6 Å². The van der Waals surface area contributed by atoms with Crippen molar-refractivity contribution in [1.82, 2.24) is 0 Å². The molecule has 0 heterocycles. The van der Waals surface area contributed by atoms with Crippen molar-refractivity contribution in [2.75, 3.05) is 0 Å². The molecule has 0 aliphatic rings. The maximum absolute atomic E-state index is 12.8. The van der Waals surface area contributed by atoms with Crippen LogP contribution in [0, 0.1) is 11.6 Å². The summed E-state index contributed by atoms with van der Waals surface area (Å²) in [7, 11) is 0. The van der Waals surface area contributed by atoms with E-state index in [1.54, 1.807) is 0 Å². The summed E-state index contributed by atoms with van der Waals surface area (Å²) in [6, 6.07) is 1.92. The van der Waals surface area contributed by atoms with Crippen molar-refractivity contribution in [2.45, 2.75) is 0 Å². The van der Waals surface area contributed by atoms with E-state index in [0.717, 1.165) is 18.2 Å². The lowest BCUT2D eigenvalue weighted by Gasteiger charge is -1.97. The standard InChI is InChI=1S/C7H2ClF2NO/c8-6-4(9)1-2-5(7(6)10)11-3-12/h1-2H. The highest BCUT2D eigenvalue weighted by atomic mass is 35.5. The molecule has 0 saturated heterocycles. The predicted molar refractivity (Wildman–Crippen MR) is 39.1 cm³/mol. The Labute approximate surface area is 71.5 Å². The number of benzene rings is 1.